The van der Waals surface area contributed by atoms with Crippen LogP contribution >= 0.6 is 7.82 Å². The zero-order valence-electron chi connectivity index (χ0n) is 53.4. The van der Waals surface area contributed by atoms with Gasteiger partial charge in [-0.3, -0.25) is 13.8 Å². The number of aliphatic hydroxyl groups excluding tert-OH is 1. The molecule has 0 aliphatic rings. The number of nitrogens with one attached hydrogen (secondary N) is 1. The molecule has 0 bridgehead atoms. The van der Waals surface area contributed by atoms with E-state index in [1.165, 1.54) is 250 Å². The van der Waals surface area contributed by atoms with Crippen molar-refractivity contribution >= 4 is 13.7 Å². The Labute approximate surface area is 492 Å². The number of unbranched alkanes of at least 4 members (excludes halogenated alkanes) is 43. The molecule has 466 valence electrons. The highest BCUT2D eigenvalue weighted by Crippen LogP contribution is 2.43. The van der Waals surface area contributed by atoms with Gasteiger partial charge in [-0.2, -0.15) is 0 Å². The zero-order chi connectivity index (χ0) is 57.7. The van der Waals surface area contributed by atoms with Gasteiger partial charge < -0.3 is 19.8 Å². The van der Waals surface area contributed by atoms with Crippen LogP contribution in [0, 0.1) is 0 Å². The highest BCUT2D eigenvalue weighted by Gasteiger charge is 2.28. The van der Waals surface area contributed by atoms with Gasteiger partial charge in [0.05, 0.1) is 39.9 Å². The Morgan fingerprint density at radius 2 is 0.759 bits per heavy atom. The van der Waals surface area contributed by atoms with Crippen LogP contribution in [0.3, 0.4) is 0 Å². The summed E-state index contributed by atoms with van der Waals surface area (Å²) < 4.78 is 23.9. The maximum atomic E-state index is 13.1. The highest BCUT2D eigenvalue weighted by atomic mass is 31.2. The smallest absolute Gasteiger partial charge is 0.391 e. The largest absolute Gasteiger partial charge is 0.472 e. The van der Waals surface area contributed by atoms with Gasteiger partial charge in [-0.1, -0.05) is 332 Å². The normalized spacial score (nSPS) is 14.0. The van der Waals surface area contributed by atoms with Crippen molar-refractivity contribution in [2.75, 3.05) is 40.9 Å². The summed E-state index contributed by atoms with van der Waals surface area (Å²) >= 11 is 0. The van der Waals surface area contributed by atoms with Gasteiger partial charge in [-0.15, -0.1) is 0 Å². The van der Waals surface area contributed by atoms with Crippen molar-refractivity contribution in [2.45, 2.75) is 353 Å². The number of aliphatic hydroxyl groups is 1. The van der Waals surface area contributed by atoms with Crippen molar-refractivity contribution in [3.05, 3.63) is 48.6 Å². The van der Waals surface area contributed by atoms with E-state index in [1.54, 1.807) is 0 Å². The lowest BCUT2D eigenvalue weighted by atomic mass is 10.0. The molecule has 3 atom stereocenters. The number of amides is 1. The Kier molecular flexibility index (Phi) is 59.8. The fourth-order valence-electron chi connectivity index (χ4n) is 10.5. The number of carbonyl (C=O) groups excluding carboxylic acids is 1. The van der Waals surface area contributed by atoms with E-state index < -0.39 is 20.0 Å². The van der Waals surface area contributed by atoms with Gasteiger partial charge in [0.2, 0.25) is 5.91 Å². The van der Waals surface area contributed by atoms with Crippen molar-refractivity contribution in [1.82, 2.24) is 5.32 Å². The first-order valence-electron chi connectivity index (χ1n) is 34.5. The van der Waals surface area contributed by atoms with Crippen LogP contribution in [0.2, 0.25) is 0 Å². The van der Waals surface area contributed by atoms with Crippen molar-refractivity contribution in [2.24, 2.45) is 0 Å². The Morgan fingerprint density at radius 1 is 0.443 bits per heavy atom. The lowest BCUT2D eigenvalue weighted by Crippen LogP contribution is -2.46. The fraction of sp³-hybridized carbons (Fsp3) is 0.871. The molecule has 0 aliphatic heterocycles. The van der Waals surface area contributed by atoms with Gasteiger partial charge in [-0.05, 0) is 51.4 Å². The molecule has 0 aromatic carbocycles. The van der Waals surface area contributed by atoms with Crippen LogP contribution < -0.4 is 5.32 Å². The second kappa shape index (κ2) is 61.0. The van der Waals surface area contributed by atoms with E-state index in [4.69, 9.17) is 9.05 Å². The molecular formula is C70H136N2O6P+. The first-order valence-corrected chi connectivity index (χ1v) is 36.0. The number of nitrogens with zero attached hydrogens (tertiary/aromatic N) is 1. The number of likely N-dealkylation sites (N-methyl/N-ethyl adjacent to an activating group) is 1. The summed E-state index contributed by atoms with van der Waals surface area (Å²) in [5.41, 5.74) is 0. The number of phosphoric acid groups is 1. The van der Waals surface area contributed by atoms with Crippen molar-refractivity contribution in [3.63, 3.8) is 0 Å². The number of hydrogen-bond acceptors (Lipinski definition) is 5. The number of phosphoric ester groups is 1. The zero-order valence-corrected chi connectivity index (χ0v) is 54.3. The minimum atomic E-state index is -4.33. The molecule has 8 nitrogen and oxygen atoms in total. The third-order valence-electron chi connectivity index (χ3n) is 15.8. The maximum absolute atomic E-state index is 13.1. The average Bonchev–Trinajstić information content (AvgIpc) is 3.42. The third-order valence-corrected chi connectivity index (χ3v) is 16.8. The Bertz CT molecular complexity index is 1430. The van der Waals surface area contributed by atoms with Crippen molar-refractivity contribution in [3.8, 4) is 0 Å². The van der Waals surface area contributed by atoms with Crippen LogP contribution in [0.4, 0.5) is 0 Å². The van der Waals surface area contributed by atoms with Crippen LogP contribution in [0.15, 0.2) is 48.6 Å². The predicted octanol–water partition coefficient (Wildman–Crippen LogP) is 21.8. The van der Waals surface area contributed by atoms with Gasteiger partial charge in [-0.25, -0.2) is 4.57 Å². The second-order valence-corrected chi connectivity index (χ2v) is 26.3. The lowest BCUT2D eigenvalue weighted by Gasteiger charge is -2.26. The molecule has 0 saturated heterocycles. The second-order valence-electron chi connectivity index (χ2n) is 24.9. The predicted molar refractivity (Wildman–Crippen MR) is 346 cm³/mol. The summed E-state index contributed by atoms with van der Waals surface area (Å²) in [5.74, 6) is -0.137. The average molecular weight is 1130 g/mol. The van der Waals surface area contributed by atoms with E-state index in [2.05, 4.69) is 67.8 Å². The van der Waals surface area contributed by atoms with E-state index in [0.29, 0.717) is 23.9 Å². The van der Waals surface area contributed by atoms with Crippen LogP contribution in [-0.4, -0.2) is 73.4 Å². The summed E-state index contributed by atoms with van der Waals surface area (Å²) in [6, 6.07) is -0.760. The Balaban J connectivity index is 3.93. The number of quaternary nitrogens is 1. The summed E-state index contributed by atoms with van der Waals surface area (Å²) in [7, 11) is 1.63. The third kappa shape index (κ3) is 63.9. The van der Waals surface area contributed by atoms with E-state index >= 15 is 0 Å². The molecule has 0 aliphatic carbocycles. The van der Waals surface area contributed by atoms with Crippen LogP contribution in [-0.2, 0) is 18.4 Å². The van der Waals surface area contributed by atoms with Gasteiger partial charge in [0, 0.05) is 6.42 Å². The molecule has 0 aromatic rings. The minimum absolute atomic E-state index is 0.0768. The van der Waals surface area contributed by atoms with Crippen molar-refractivity contribution < 1.29 is 32.9 Å². The molecule has 3 N–H and O–H groups in total. The summed E-state index contributed by atoms with van der Waals surface area (Å²) in [5, 5.41) is 14.1. The molecule has 1 amide bonds. The molecule has 0 spiro atoms. The number of rotatable bonds is 64. The van der Waals surface area contributed by atoms with Gasteiger partial charge >= 0.3 is 7.82 Å². The Hall–Kier alpha value is -1.54. The van der Waals surface area contributed by atoms with E-state index in [-0.39, 0.29) is 19.1 Å². The first-order chi connectivity index (χ1) is 38.5. The highest BCUT2D eigenvalue weighted by molar-refractivity contribution is 7.47. The first kappa shape index (κ1) is 77.5. The summed E-state index contributed by atoms with van der Waals surface area (Å²) in [4.78, 5) is 23.4. The molecule has 79 heavy (non-hydrogen) atoms. The SMILES string of the molecule is CC/C=C\C/C=C\C/C=C\C/C=C\CCCCCCCCCCCCCCCCCCCCCCCCCCC(=O)NC(COP(=O)(O)OCC[N+](C)(C)C)C(O)CCCCCCCCCCCCCCCCCCCCCC. The molecule has 0 heterocycles. The lowest BCUT2D eigenvalue weighted by molar-refractivity contribution is -0.870. The topological polar surface area (TPSA) is 105 Å². The molecular weight excluding hydrogens is 996 g/mol. The number of hydrogen-bond donors (Lipinski definition) is 3. The minimum Gasteiger partial charge on any atom is -0.391 e. The summed E-state index contributed by atoms with van der Waals surface area (Å²) in [6.07, 6.45) is 82.1. The van der Waals surface area contributed by atoms with E-state index in [9.17, 15) is 19.4 Å². The maximum Gasteiger partial charge on any atom is 0.472 e. The Morgan fingerprint density at radius 3 is 1.11 bits per heavy atom. The molecule has 0 aromatic heterocycles. The van der Waals surface area contributed by atoms with Crippen molar-refractivity contribution in [1.29, 1.82) is 0 Å². The van der Waals surface area contributed by atoms with Gasteiger partial charge in [0.15, 0.2) is 0 Å². The van der Waals surface area contributed by atoms with E-state index in [1.807, 2.05) is 21.1 Å². The molecule has 0 saturated carbocycles. The quantitative estimate of drug-likeness (QED) is 0.0243. The molecule has 0 fully saturated rings. The molecule has 3 unspecified atom stereocenters. The molecule has 0 rings (SSSR count). The summed E-state index contributed by atoms with van der Waals surface area (Å²) in [6.45, 7) is 4.83. The van der Waals surface area contributed by atoms with E-state index in [0.717, 1.165) is 64.2 Å². The fourth-order valence-corrected chi connectivity index (χ4v) is 11.2. The van der Waals surface area contributed by atoms with Crippen LogP contribution in [0.5, 0.6) is 0 Å². The number of carbonyl (C=O) groups is 1. The molecule has 9 heteroatoms. The standard InChI is InChI=1S/C70H135N2O6P/c1-6-8-10-12-14-16-18-20-22-24-26-28-29-30-31-32-33-34-35-36-37-38-39-40-41-42-43-44-46-48-50-52-54-56-58-60-62-64-70(74)71-68(67-78-79(75,76)77-66-65-72(3,4)5)69(73)63-61-59-57-55-53-51-49-47-45-27-25-23-21-19-17-15-13-11-9-7-2/h8,10,14,16,20,22,26,28,68-69,73H,6-7,9,11-13,15,17-19,21,23-25,27,29-67H2,1-5H3,(H-,71,74,75,76)/p+1/b10-8-,16-14-,22-20-,28-26-. The number of allylic oxidation sites excluding steroid dienone is 8. The van der Waals surface area contributed by atoms with Crippen LogP contribution in [0.1, 0.15) is 341 Å². The molecule has 0 radical (unpaired) electrons. The van der Waals surface area contributed by atoms with Gasteiger partial charge in [0.25, 0.3) is 0 Å². The van der Waals surface area contributed by atoms with Crippen LogP contribution in [0.25, 0.3) is 0 Å². The monoisotopic (exact) mass is 1130 g/mol. The van der Waals surface area contributed by atoms with Gasteiger partial charge in [0.1, 0.15) is 13.2 Å².